The minimum Gasteiger partial charge on any atom is -0.465 e. The Kier molecular flexibility index (Phi) is 4.26. The zero-order valence-electron chi connectivity index (χ0n) is 10.1. The summed E-state index contributed by atoms with van der Waals surface area (Å²) >= 11 is 0. The highest BCUT2D eigenvalue weighted by atomic mass is 16.5. The van der Waals surface area contributed by atoms with Crippen LogP contribution in [0.1, 0.15) is 39.1 Å². The van der Waals surface area contributed by atoms with Crippen molar-refractivity contribution in [1.29, 1.82) is 0 Å². The maximum absolute atomic E-state index is 11.5. The number of rotatable bonds is 3. The Hall–Kier alpha value is -1.84. The molecule has 1 atom stereocenters. The molecular formula is C13H15O4. The molecule has 0 saturated heterocycles. The molecule has 91 valence electrons. The van der Waals surface area contributed by atoms with Crippen LogP contribution in [-0.2, 0) is 9.47 Å². The molecule has 1 aromatic carbocycles. The minimum atomic E-state index is -0.488. The largest absolute Gasteiger partial charge is 0.465 e. The van der Waals surface area contributed by atoms with Crippen LogP contribution in [0.4, 0.5) is 0 Å². The number of esters is 2. The topological polar surface area (TPSA) is 52.6 Å². The molecule has 4 nitrogen and oxygen atoms in total. The van der Waals surface area contributed by atoms with Gasteiger partial charge >= 0.3 is 11.9 Å². The van der Waals surface area contributed by atoms with Gasteiger partial charge in [0.05, 0.1) is 25.3 Å². The molecule has 0 saturated carbocycles. The van der Waals surface area contributed by atoms with Gasteiger partial charge < -0.3 is 9.47 Å². The summed E-state index contributed by atoms with van der Waals surface area (Å²) in [5.41, 5.74) is 1.43. The van der Waals surface area contributed by atoms with Crippen molar-refractivity contribution in [1.82, 2.24) is 0 Å². The summed E-state index contributed by atoms with van der Waals surface area (Å²) < 4.78 is 9.26. The van der Waals surface area contributed by atoms with E-state index >= 15 is 0 Å². The van der Waals surface area contributed by atoms with Crippen molar-refractivity contribution in [3.05, 3.63) is 41.8 Å². The molecule has 1 rings (SSSR count). The maximum atomic E-state index is 11.5. The molecule has 17 heavy (non-hydrogen) atoms. The average molecular weight is 235 g/mol. The van der Waals surface area contributed by atoms with Gasteiger partial charge in [-0.05, 0) is 36.6 Å². The fourth-order valence-electron chi connectivity index (χ4n) is 1.41. The van der Waals surface area contributed by atoms with Crippen LogP contribution < -0.4 is 0 Å². The van der Waals surface area contributed by atoms with E-state index in [4.69, 9.17) is 0 Å². The molecule has 0 fully saturated rings. The smallest absolute Gasteiger partial charge is 0.337 e. The lowest BCUT2D eigenvalue weighted by Gasteiger charge is -2.10. The van der Waals surface area contributed by atoms with Crippen molar-refractivity contribution in [2.45, 2.75) is 12.8 Å². The number of hydrogen-bond donors (Lipinski definition) is 0. The highest BCUT2D eigenvalue weighted by molar-refractivity contribution is 5.95. The van der Waals surface area contributed by atoms with Gasteiger partial charge in [-0.2, -0.15) is 0 Å². The van der Waals surface area contributed by atoms with Crippen molar-refractivity contribution < 1.29 is 19.1 Å². The lowest BCUT2D eigenvalue weighted by Crippen LogP contribution is -2.08. The quantitative estimate of drug-likeness (QED) is 0.753. The predicted octanol–water partition coefficient (Wildman–Crippen LogP) is 2.20. The molecule has 0 N–H and O–H groups in total. The Labute approximate surface area is 101 Å². The molecule has 0 aromatic heterocycles. The van der Waals surface area contributed by atoms with E-state index in [2.05, 4.69) is 16.4 Å². The standard InChI is InChI=1S/C13H15O4/c1-8(2)9-5-10(12(14)16-3)7-11(6-9)13(15)17-4/h5-8H,1H2,2-4H3. The summed E-state index contributed by atoms with van der Waals surface area (Å²) in [5, 5.41) is 0. The third-order valence-corrected chi connectivity index (χ3v) is 2.37. The van der Waals surface area contributed by atoms with Gasteiger partial charge in [-0.1, -0.05) is 6.92 Å². The second-order valence-electron chi connectivity index (χ2n) is 3.73. The summed E-state index contributed by atoms with van der Waals surface area (Å²) in [7, 11) is 2.58. The van der Waals surface area contributed by atoms with Crippen LogP contribution in [0.15, 0.2) is 18.2 Å². The van der Waals surface area contributed by atoms with Crippen molar-refractivity contribution in [3.8, 4) is 0 Å². The van der Waals surface area contributed by atoms with Crippen molar-refractivity contribution in [2.24, 2.45) is 0 Å². The van der Waals surface area contributed by atoms with Crippen LogP contribution in [-0.4, -0.2) is 26.2 Å². The van der Waals surface area contributed by atoms with Crippen LogP contribution in [0, 0.1) is 6.92 Å². The molecule has 0 heterocycles. The van der Waals surface area contributed by atoms with Gasteiger partial charge in [0.2, 0.25) is 0 Å². The first-order valence-electron chi connectivity index (χ1n) is 5.14. The van der Waals surface area contributed by atoms with Crippen LogP contribution in [0.25, 0.3) is 0 Å². The van der Waals surface area contributed by atoms with E-state index in [-0.39, 0.29) is 5.92 Å². The van der Waals surface area contributed by atoms with Crippen LogP contribution in [0.3, 0.4) is 0 Å². The summed E-state index contributed by atoms with van der Waals surface area (Å²) in [6.07, 6.45) is 0. The highest BCUT2D eigenvalue weighted by Gasteiger charge is 2.14. The SMILES string of the molecule is [CH2]C(C)c1cc(C(=O)OC)cc(C(=O)OC)c1. The number of methoxy groups -OCH3 is 2. The third-order valence-electron chi connectivity index (χ3n) is 2.37. The van der Waals surface area contributed by atoms with Crippen LogP contribution in [0.2, 0.25) is 0 Å². The Morgan fingerprint density at radius 1 is 1.06 bits per heavy atom. The van der Waals surface area contributed by atoms with Gasteiger partial charge in [0.25, 0.3) is 0 Å². The van der Waals surface area contributed by atoms with E-state index in [0.29, 0.717) is 11.1 Å². The van der Waals surface area contributed by atoms with Gasteiger partial charge in [0.1, 0.15) is 0 Å². The summed E-state index contributed by atoms with van der Waals surface area (Å²) in [6.45, 7) is 5.73. The Bertz CT molecular complexity index is 401. The second-order valence-corrected chi connectivity index (χ2v) is 3.73. The first-order chi connectivity index (χ1) is 7.99. The predicted molar refractivity (Wildman–Crippen MR) is 62.9 cm³/mol. The summed E-state index contributed by atoms with van der Waals surface area (Å²) in [6, 6.07) is 4.77. The third kappa shape index (κ3) is 3.06. The van der Waals surface area contributed by atoms with Crippen LogP contribution >= 0.6 is 0 Å². The molecule has 4 heteroatoms. The summed E-state index contributed by atoms with van der Waals surface area (Å²) in [4.78, 5) is 22.9. The molecular weight excluding hydrogens is 220 g/mol. The molecule has 0 amide bonds. The first kappa shape index (κ1) is 13.2. The van der Waals surface area contributed by atoms with Gasteiger partial charge in [-0.15, -0.1) is 0 Å². The summed E-state index contributed by atoms with van der Waals surface area (Å²) in [5.74, 6) is -1.02. The van der Waals surface area contributed by atoms with Gasteiger partial charge in [-0.25, -0.2) is 9.59 Å². The van der Waals surface area contributed by atoms with Gasteiger partial charge in [-0.3, -0.25) is 0 Å². The molecule has 0 spiro atoms. The van der Waals surface area contributed by atoms with Crippen molar-refractivity contribution >= 4 is 11.9 Å². The average Bonchev–Trinajstić information content (AvgIpc) is 2.36. The van der Waals surface area contributed by atoms with E-state index in [0.717, 1.165) is 5.56 Å². The molecule has 0 aliphatic rings. The van der Waals surface area contributed by atoms with Gasteiger partial charge in [0, 0.05) is 0 Å². The van der Waals surface area contributed by atoms with Gasteiger partial charge in [0.15, 0.2) is 0 Å². The maximum Gasteiger partial charge on any atom is 0.337 e. The van der Waals surface area contributed by atoms with E-state index in [1.54, 1.807) is 12.1 Å². The number of carbonyl (C=O) groups is 2. The fraction of sp³-hybridized carbons (Fsp3) is 0.308. The fourth-order valence-corrected chi connectivity index (χ4v) is 1.41. The van der Waals surface area contributed by atoms with Crippen LogP contribution in [0.5, 0.6) is 0 Å². The van der Waals surface area contributed by atoms with E-state index in [9.17, 15) is 9.59 Å². The molecule has 1 aromatic rings. The second kappa shape index (κ2) is 5.48. The van der Waals surface area contributed by atoms with E-state index < -0.39 is 11.9 Å². The number of hydrogen-bond acceptors (Lipinski definition) is 4. The molecule has 0 aliphatic heterocycles. The van der Waals surface area contributed by atoms with E-state index in [1.165, 1.54) is 20.3 Å². The normalized spacial score (nSPS) is 10.2. The molecule has 1 unspecified atom stereocenters. The Morgan fingerprint density at radius 3 is 1.76 bits per heavy atom. The molecule has 0 bridgehead atoms. The monoisotopic (exact) mass is 235 g/mol. The van der Waals surface area contributed by atoms with Crippen molar-refractivity contribution in [2.75, 3.05) is 14.2 Å². The zero-order valence-corrected chi connectivity index (χ0v) is 10.1. The number of carbonyl (C=O) groups excluding carboxylic acids is 2. The highest BCUT2D eigenvalue weighted by Crippen LogP contribution is 2.19. The number of benzene rings is 1. The molecule has 0 aliphatic carbocycles. The Morgan fingerprint density at radius 2 is 1.47 bits per heavy atom. The lowest BCUT2D eigenvalue weighted by molar-refractivity contribution is 0.0599. The lowest BCUT2D eigenvalue weighted by atomic mass is 9.97. The number of ether oxygens (including phenoxy) is 2. The minimum absolute atomic E-state index is 0.0389. The zero-order chi connectivity index (χ0) is 13.0. The first-order valence-corrected chi connectivity index (χ1v) is 5.14. The van der Waals surface area contributed by atoms with Crippen molar-refractivity contribution in [3.63, 3.8) is 0 Å². The van der Waals surface area contributed by atoms with E-state index in [1.807, 2.05) is 6.92 Å². The molecule has 1 radical (unpaired) electrons. The Balaban J connectivity index is 3.28.